The second kappa shape index (κ2) is 15.3. The van der Waals surface area contributed by atoms with Gasteiger partial charge in [0.15, 0.2) is 11.5 Å². The third-order valence-electron chi connectivity index (χ3n) is 11.3. The first kappa shape index (κ1) is 38.3. The zero-order valence-electron chi connectivity index (χ0n) is 31.9. The van der Waals surface area contributed by atoms with Crippen LogP contribution in [0.4, 0.5) is 11.4 Å². The third kappa shape index (κ3) is 8.20. The molecule has 1 saturated carbocycles. The summed E-state index contributed by atoms with van der Waals surface area (Å²) in [7, 11) is -1.08. The second-order valence-electron chi connectivity index (χ2n) is 15.5. The van der Waals surface area contributed by atoms with Gasteiger partial charge in [-0.15, -0.1) is 0 Å². The standard InChI is InChI=1S/C39H43N5O6.C2H6O2S/c1-3-50-34-18-25(4-12-33(34)49-2)22-44-37(47)31-10-9-28(19-32(31)38(44)48)41-14-16-42(17-15-41)29-20-39(21-29)23-43(24-39)27-7-5-26(6-8-27)30-11-13-35(45)40-36(30)46;1-5(2,3)4/h4-10,12,18-19,29-30H,3,11,13-17,20-24H2,1-2H3,(H,40,45,46);1-2H3. The van der Waals surface area contributed by atoms with Crippen LogP contribution in [-0.4, -0.2) is 113 Å². The summed E-state index contributed by atoms with van der Waals surface area (Å²) in [4.78, 5) is 59.2. The fraction of sp³-hybridized carbons (Fsp3) is 0.463. The molecule has 4 fully saturated rings. The summed E-state index contributed by atoms with van der Waals surface area (Å²) >= 11 is 0. The molecule has 8 rings (SSSR count). The number of carbonyl (C=O) groups excluding carboxylic acids is 4. The molecule has 3 aromatic rings. The molecule has 1 N–H and O–H groups in total. The van der Waals surface area contributed by atoms with E-state index in [0.29, 0.717) is 53.5 Å². The number of sulfone groups is 1. The Bertz CT molecular complexity index is 2080. The summed E-state index contributed by atoms with van der Waals surface area (Å²) in [5.74, 6) is 0.0450. The fourth-order valence-electron chi connectivity index (χ4n) is 8.57. The number of fused-ring (bicyclic) bond motifs is 1. The minimum Gasteiger partial charge on any atom is -0.493 e. The van der Waals surface area contributed by atoms with Gasteiger partial charge in [0, 0.05) is 81.0 Å². The minimum atomic E-state index is -2.67. The van der Waals surface area contributed by atoms with Gasteiger partial charge in [0.05, 0.1) is 37.3 Å². The number of piperidine rings is 1. The number of carbonyl (C=O) groups is 4. The highest BCUT2D eigenvalue weighted by atomic mass is 32.2. The van der Waals surface area contributed by atoms with E-state index < -0.39 is 9.84 Å². The highest BCUT2D eigenvalue weighted by molar-refractivity contribution is 7.89. The number of hydrogen-bond acceptors (Lipinski definition) is 11. The molecule has 4 amide bonds. The van der Waals surface area contributed by atoms with Gasteiger partial charge in [0.25, 0.3) is 11.8 Å². The lowest BCUT2D eigenvalue weighted by atomic mass is 9.60. The van der Waals surface area contributed by atoms with Gasteiger partial charge in [-0.3, -0.25) is 34.3 Å². The lowest BCUT2D eigenvalue weighted by molar-refractivity contribution is -0.134. The highest BCUT2D eigenvalue weighted by Crippen LogP contribution is 2.51. The van der Waals surface area contributed by atoms with Gasteiger partial charge in [0.1, 0.15) is 9.84 Å². The van der Waals surface area contributed by atoms with E-state index in [9.17, 15) is 27.6 Å². The van der Waals surface area contributed by atoms with Crippen molar-refractivity contribution in [3.63, 3.8) is 0 Å². The molecule has 0 radical (unpaired) electrons. The first-order chi connectivity index (χ1) is 26.2. The number of benzene rings is 3. The topological polar surface area (TPSA) is 146 Å². The number of ether oxygens (including phenoxy) is 2. The van der Waals surface area contributed by atoms with E-state index in [4.69, 9.17) is 9.47 Å². The number of imide groups is 2. The molecular formula is C41H49N5O8S. The Morgan fingerprint density at radius 1 is 0.800 bits per heavy atom. The summed E-state index contributed by atoms with van der Waals surface area (Å²) < 4.78 is 30.3. The Morgan fingerprint density at radius 2 is 1.45 bits per heavy atom. The predicted molar refractivity (Wildman–Crippen MR) is 209 cm³/mol. The number of methoxy groups -OCH3 is 1. The summed E-state index contributed by atoms with van der Waals surface area (Å²) in [6.45, 7) is 8.38. The number of piperazine rings is 1. The third-order valence-corrected chi connectivity index (χ3v) is 11.3. The molecule has 4 heterocycles. The number of nitrogens with one attached hydrogen (secondary N) is 1. The van der Waals surface area contributed by atoms with Crippen molar-refractivity contribution in [2.45, 2.75) is 51.1 Å². The average Bonchev–Trinajstić information content (AvgIpc) is 3.35. The Labute approximate surface area is 322 Å². The number of rotatable bonds is 9. The van der Waals surface area contributed by atoms with E-state index >= 15 is 0 Å². The van der Waals surface area contributed by atoms with E-state index in [1.165, 1.54) is 23.4 Å². The van der Waals surface area contributed by atoms with Gasteiger partial charge < -0.3 is 19.3 Å². The fourth-order valence-corrected chi connectivity index (χ4v) is 8.57. The van der Waals surface area contributed by atoms with E-state index in [-0.39, 0.29) is 36.1 Å². The van der Waals surface area contributed by atoms with Crippen LogP contribution >= 0.6 is 0 Å². The van der Waals surface area contributed by atoms with Crippen LogP contribution in [0.25, 0.3) is 0 Å². The first-order valence-corrected chi connectivity index (χ1v) is 21.2. The van der Waals surface area contributed by atoms with E-state index in [1.54, 1.807) is 19.2 Å². The monoisotopic (exact) mass is 771 g/mol. The molecule has 1 spiro atoms. The molecule has 0 aromatic heterocycles. The Kier molecular flexibility index (Phi) is 10.7. The largest absolute Gasteiger partial charge is 0.493 e. The van der Waals surface area contributed by atoms with Gasteiger partial charge >= 0.3 is 0 Å². The summed E-state index contributed by atoms with van der Waals surface area (Å²) in [5.41, 5.74) is 5.26. The summed E-state index contributed by atoms with van der Waals surface area (Å²) in [5, 5.41) is 2.46. The zero-order valence-corrected chi connectivity index (χ0v) is 32.7. The van der Waals surface area contributed by atoms with Crippen molar-refractivity contribution < 1.29 is 37.1 Å². The van der Waals surface area contributed by atoms with Crippen LogP contribution in [0.5, 0.6) is 11.5 Å². The van der Waals surface area contributed by atoms with Crippen LogP contribution in [0.1, 0.15) is 70.4 Å². The van der Waals surface area contributed by atoms with Gasteiger partial charge in [-0.05, 0) is 79.8 Å². The summed E-state index contributed by atoms with van der Waals surface area (Å²) in [6.07, 6.45) is 5.71. The van der Waals surface area contributed by atoms with Crippen LogP contribution in [0.15, 0.2) is 60.7 Å². The van der Waals surface area contributed by atoms with Crippen LogP contribution in [0.2, 0.25) is 0 Å². The lowest BCUT2D eigenvalue weighted by Gasteiger charge is -2.62. The number of anilines is 2. The molecule has 13 nitrogen and oxygen atoms in total. The number of hydrogen-bond donors (Lipinski definition) is 1. The van der Waals surface area contributed by atoms with Crippen molar-refractivity contribution in [2.24, 2.45) is 5.41 Å². The van der Waals surface area contributed by atoms with Crippen LogP contribution in [0.3, 0.4) is 0 Å². The summed E-state index contributed by atoms with van der Waals surface area (Å²) in [6, 6.07) is 20.0. The smallest absolute Gasteiger partial charge is 0.261 e. The zero-order chi connectivity index (χ0) is 39.1. The predicted octanol–water partition coefficient (Wildman–Crippen LogP) is 3.86. The normalized spacial score (nSPS) is 21.0. The van der Waals surface area contributed by atoms with Crippen LogP contribution < -0.4 is 24.6 Å². The number of nitrogens with zero attached hydrogens (tertiary/aromatic N) is 4. The molecule has 1 atom stereocenters. The van der Waals surface area contributed by atoms with Crippen molar-refractivity contribution in [1.82, 2.24) is 15.1 Å². The maximum Gasteiger partial charge on any atom is 0.261 e. The Hall–Kier alpha value is -4.95. The van der Waals surface area contributed by atoms with Gasteiger partial charge in [-0.25, -0.2) is 8.42 Å². The molecule has 4 aliphatic heterocycles. The molecule has 3 aromatic carbocycles. The maximum absolute atomic E-state index is 13.5. The highest BCUT2D eigenvalue weighted by Gasteiger charge is 2.54. The van der Waals surface area contributed by atoms with Crippen molar-refractivity contribution >= 4 is 44.8 Å². The minimum absolute atomic E-state index is 0.169. The Morgan fingerprint density at radius 3 is 2.09 bits per heavy atom. The van der Waals surface area contributed by atoms with E-state index in [1.807, 2.05) is 43.3 Å². The molecule has 1 unspecified atom stereocenters. The second-order valence-corrected chi connectivity index (χ2v) is 17.8. The van der Waals surface area contributed by atoms with Crippen molar-refractivity contribution in [2.75, 3.05) is 75.3 Å². The van der Waals surface area contributed by atoms with Gasteiger partial charge in [0.2, 0.25) is 11.8 Å². The van der Waals surface area contributed by atoms with Crippen molar-refractivity contribution in [3.8, 4) is 11.5 Å². The van der Waals surface area contributed by atoms with Crippen LogP contribution in [0, 0.1) is 5.41 Å². The van der Waals surface area contributed by atoms with Crippen molar-refractivity contribution in [1.29, 1.82) is 0 Å². The van der Waals surface area contributed by atoms with E-state index in [2.05, 4.69) is 32.1 Å². The molecule has 55 heavy (non-hydrogen) atoms. The molecule has 14 heteroatoms. The van der Waals surface area contributed by atoms with Crippen molar-refractivity contribution in [3.05, 3.63) is 82.9 Å². The number of amides is 4. The van der Waals surface area contributed by atoms with Gasteiger partial charge in [-0.2, -0.15) is 0 Å². The Balaban J connectivity index is 0.000000875. The molecular weight excluding hydrogens is 723 g/mol. The molecule has 0 bridgehead atoms. The molecule has 5 aliphatic rings. The molecule has 292 valence electrons. The molecule has 1 aliphatic carbocycles. The van der Waals surface area contributed by atoms with Gasteiger partial charge in [-0.1, -0.05) is 18.2 Å². The van der Waals surface area contributed by atoms with E-state index in [0.717, 1.165) is 68.6 Å². The molecule has 3 saturated heterocycles. The average molecular weight is 772 g/mol. The SMILES string of the molecule is CCOc1cc(CN2C(=O)c3ccc(N4CCN(C5CC6(C5)CN(c5ccc(C7CCC(=O)NC7=O)cc5)C6)CC4)cc3C2=O)ccc1OC.CS(C)(=O)=O. The van der Waals surface area contributed by atoms with Crippen LogP contribution in [-0.2, 0) is 26.0 Å². The quantitative estimate of drug-likeness (QED) is 0.317. The first-order valence-electron chi connectivity index (χ1n) is 18.9. The maximum atomic E-state index is 13.5. The lowest BCUT2D eigenvalue weighted by Crippen LogP contribution is -2.68.